The number of ketones is 1. The predicted molar refractivity (Wildman–Crippen MR) is 55.7 cm³/mol. The molecule has 2 N–H and O–H groups in total. The highest BCUT2D eigenvalue weighted by molar-refractivity contribution is 5.99. The molecule has 4 nitrogen and oxygen atoms in total. The number of aromatic nitrogens is 1. The van der Waals surface area contributed by atoms with Crippen LogP contribution in [-0.2, 0) is 12.8 Å². The Labute approximate surface area is 88.8 Å². The lowest BCUT2D eigenvalue weighted by Gasteiger charge is -2.18. The van der Waals surface area contributed by atoms with Crippen LogP contribution in [0, 0.1) is 5.92 Å². The fraction of sp³-hybridized carbons (Fsp3) is 0.636. The van der Waals surface area contributed by atoms with Gasteiger partial charge in [-0.05, 0) is 25.3 Å². The first-order valence-electron chi connectivity index (χ1n) is 5.47. The number of fused-ring (bicyclic) bond motifs is 1. The third kappa shape index (κ3) is 1.81. The van der Waals surface area contributed by atoms with Crippen LogP contribution in [0.3, 0.4) is 0 Å². The van der Waals surface area contributed by atoms with E-state index in [-0.39, 0.29) is 5.78 Å². The number of hydrogen-bond donors (Lipinski definition) is 1. The maximum atomic E-state index is 11.9. The molecule has 0 fully saturated rings. The van der Waals surface area contributed by atoms with Crippen LogP contribution in [0.25, 0.3) is 0 Å². The highest BCUT2D eigenvalue weighted by atomic mass is 16.5. The molecular weight excluding hydrogens is 192 g/mol. The SMILES string of the molecule is CCc1noc2c1C(=O)CC(CCN)C2. The first kappa shape index (κ1) is 10.4. The number of nitrogens with zero attached hydrogens (tertiary/aromatic N) is 1. The van der Waals surface area contributed by atoms with Gasteiger partial charge in [0.2, 0.25) is 0 Å². The molecule has 0 amide bonds. The lowest BCUT2D eigenvalue weighted by Crippen LogP contribution is -2.22. The maximum absolute atomic E-state index is 11.9. The van der Waals surface area contributed by atoms with Crippen molar-refractivity contribution in [3.63, 3.8) is 0 Å². The van der Waals surface area contributed by atoms with Crippen molar-refractivity contribution in [2.75, 3.05) is 6.54 Å². The largest absolute Gasteiger partial charge is 0.360 e. The van der Waals surface area contributed by atoms with E-state index < -0.39 is 0 Å². The summed E-state index contributed by atoms with van der Waals surface area (Å²) in [7, 11) is 0. The molecule has 0 spiro atoms. The number of Topliss-reactive ketones (excluding diaryl/α,β-unsaturated/α-hetero) is 1. The van der Waals surface area contributed by atoms with Gasteiger partial charge in [-0.3, -0.25) is 4.79 Å². The van der Waals surface area contributed by atoms with Gasteiger partial charge in [0.05, 0.1) is 11.3 Å². The normalized spacial score (nSPS) is 20.4. The molecule has 1 unspecified atom stereocenters. The zero-order valence-corrected chi connectivity index (χ0v) is 8.95. The van der Waals surface area contributed by atoms with E-state index in [9.17, 15) is 4.79 Å². The number of rotatable bonds is 3. The molecule has 1 heterocycles. The van der Waals surface area contributed by atoms with Gasteiger partial charge in [-0.1, -0.05) is 12.1 Å². The summed E-state index contributed by atoms with van der Waals surface area (Å²) < 4.78 is 5.21. The quantitative estimate of drug-likeness (QED) is 0.813. The van der Waals surface area contributed by atoms with E-state index in [1.807, 2.05) is 6.92 Å². The predicted octanol–water partition coefficient (Wildman–Crippen LogP) is 1.33. The highest BCUT2D eigenvalue weighted by Gasteiger charge is 2.30. The average molecular weight is 208 g/mol. The molecule has 0 aromatic carbocycles. The summed E-state index contributed by atoms with van der Waals surface area (Å²) in [5, 5.41) is 3.93. The summed E-state index contributed by atoms with van der Waals surface area (Å²) in [5.41, 5.74) is 7.05. The van der Waals surface area contributed by atoms with Gasteiger partial charge in [-0.15, -0.1) is 0 Å². The van der Waals surface area contributed by atoms with Crippen molar-refractivity contribution in [3.05, 3.63) is 17.0 Å². The van der Waals surface area contributed by atoms with E-state index >= 15 is 0 Å². The Morgan fingerprint density at radius 2 is 2.33 bits per heavy atom. The molecule has 4 heteroatoms. The summed E-state index contributed by atoms with van der Waals surface area (Å²) in [4.78, 5) is 11.9. The summed E-state index contributed by atoms with van der Waals surface area (Å²) in [6, 6.07) is 0. The van der Waals surface area contributed by atoms with Gasteiger partial charge in [0.15, 0.2) is 5.78 Å². The minimum Gasteiger partial charge on any atom is -0.360 e. The molecule has 0 bridgehead atoms. The molecule has 1 aliphatic carbocycles. The molecule has 2 rings (SSSR count). The lowest BCUT2D eigenvalue weighted by atomic mass is 9.84. The van der Waals surface area contributed by atoms with Crippen molar-refractivity contribution < 1.29 is 9.32 Å². The van der Waals surface area contributed by atoms with Crippen LogP contribution in [0.15, 0.2) is 4.52 Å². The second-order valence-electron chi connectivity index (χ2n) is 4.06. The second-order valence-corrected chi connectivity index (χ2v) is 4.06. The van der Waals surface area contributed by atoms with Gasteiger partial charge in [0, 0.05) is 12.8 Å². The second kappa shape index (κ2) is 4.14. The van der Waals surface area contributed by atoms with Gasteiger partial charge >= 0.3 is 0 Å². The molecule has 0 saturated carbocycles. The maximum Gasteiger partial charge on any atom is 0.168 e. The van der Waals surface area contributed by atoms with Gasteiger partial charge in [-0.2, -0.15) is 0 Å². The molecule has 0 aliphatic heterocycles. The molecule has 1 aromatic heterocycles. The molecule has 82 valence electrons. The third-order valence-corrected chi connectivity index (χ3v) is 2.97. The summed E-state index contributed by atoms with van der Waals surface area (Å²) in [6.07, 6.45) is 3.04. The molecule has 15 heavy (non-hydrogen) atoms. The minimum atomic E-state index is 0.174. The summed E-state index contributed by atoms with van der Waals surface area (Å²) in [5.74, 6) is 1.28. The van der Waals surface area contributed by atoms with Crippen LogP contribution in [-0.4, -0.2) is 17.5 Å². The smallest absolute Gasteiger partial charge is 0.168 e. The highest BCUT2D eigenvalue weighted by Crippen LogP contribution is 2.29. The van der Waals surface area contributed by atoms with Crippen molar-refractivity contribution >= 4 is 5.78 Å². The van der Waals surface area contributed by atoms with Crippen LogP contribution >= 0.6 is 0 Å². The Morgan fingerprint density at radius 3 is 3.00 bits per heavy atom. The van der Waals surface area contributed by atoms with Crippen molar-refractivity contribution in [1.29, 1.82) is 0 Å². The molecule has 1 atom stereocenters. The Kier molecular flexibility index (Phi) is 2.86. The first-order valence-corrected chi connectivity index (χ1v) is 5.47. The monoisotopic (exact) mass is 208 g/mol. The van der Waals surface area contributed by atoms with E-state index in [0.717, 1.165) is 36.3 Å². The Balaban J connectivity index is 2.26. The van der Waals surface area contributed by atoms with E-state index in [0.29, 0.717) is 18.9 Å². The van der Waals surface area contributed by atoms with Gasteiger partial charge in [-0.25, -0.2) is 0 Å². The number of nitrogens with two attached hydrogens (primary N) is 1. The zero-order chi connectivity index (χ0) is 10.8. The van der Waals surface area contributed by atoms with E-state index in [1.165, 1.54) is 0 Å². The summed E-state index contributed by atoms with van der Waals surface area (Å²) in [6.45, 7) is 2.61. The molecular formula is C11H16N2O2. The average Bonchev–Trinajstić information content (AvgIpc) is 2.61. The van der Waals surface area contributed by atoms with Crippen molar-refractivity contribution in [3.8, 4) is 0 Å². The Morgan fingerprint density at radius 1 is 1.53 bits per heavy atom. The van der Waals surface area contributed by atoms with Gasteiger partial charge in [0.1, 0.15) is 5.76 Å². The van der Waals surface area contributed by atoms with Crippen molar-refractivity contribution in [2.24, 2.45) is 11.7 Å². The first-order chi connectivity index (χ1) is 7.26. The van der Waals surface area contributed by atoms with Crippen LogP contribution in [0.1, 0.15) is 41.6 Å². The van der Waals surface area contributed by atoms with E-state index in [1.54, 1.807) is 0 Å². The van der Waals surface area contributed by atoms with Crippen molar-refractivity contribution in [1.82, 2.24) is 5.16 Å². The van der Waals surface area contributed by atoms with Crippen LogP contribution < -0.4 is 5.73 Å². The number of aryl methyl sites for hydroxylation is 1. The fourth-order valence-electron chi connectivity index (χ4n) is 2.20. The topological polar surface area (TPSA) is 69.1 Å². The van der Waals surface area contributed by atoms with Crippen LogP contribution in [0.5, 0.6) is 0 Å². The van der Waals surface area contributed by atoms with E-state index in [4.69, 9.17) is 10.3 Å². The van der Waals surface area contributed by atoms with Crippen LogP contribution in [0.4, 0.5) is 0 Å². The van der Waals surface area contributed by atoms with Crippen molar-refractivity contribution in [2.45, 2.75) is 32.6 Å². The lowest BCUT2D eigenvalue weighted by molar-refractivity contribution is 0.0940. The molecule has 1 aliphatic rings. The fourth-order valence-corrected chi connectivity index (χ4v) is 2.20. The number of hydrogen-bond acceptors (Lipinski definition) is 4. The summed E-state index contributed by atoms with van der Waals surface area (Å²) >= 11 is 0. The van der Waals surface area contributed by atoms with Gasteiger partial charge in [0.25, 0.3) is 0 Å². The minimum absolute atomic E-state index is 0.174. The molecule has 1 aromatic rings. The van der Waals surface area contributed by atoms with Gasteiger partial charge < -0.3 is 10.3 Å². The standard InChI is InChI=1S/C11H16N2O2/c1-2-8-11-9(14)5-7(3-4-12)6-10(11)15-13-8/h7H,2-6,12H2,1H3. The van der Waals surface area contributed by atoms with Crippen LogP contribution in [0.2, 0.25) is 0 Å². The van der Waals surface area contributed by atoms with E-state index in [2.05, 4.69) is 5.16 Å². The molecule has 0 radical (unpaired) electrons. The number of carbonyl (C=O) groups excluding carboxylic acids is 1. The Bertz CT molecular complexity index is 371. The molecule has 0 saturated heterocycles. The zero-order valence-electron chi connectivity index (χ0n) is 8.95. The number of carbonyl (C=O) groups is 1. The Hall–Kier alpha value is -1.16. The third-order valence-electron chi connectivity index (χ3n) is 2.97.